The second-order valence-corrected chi connectivity index (χ2v) is 16.6. The number of anilines is 3. The van der Waals surface area contributed by atoms with Crippen LogP contribution in [0.1, 0.15) is 97.5 Å². The van der Waals surface area contributed by atoms with E-state index in [1.54, 1.807) is 66.2 Å². The highest BCUT2D eigenvalue weighted by molar-refractivity contribution is 6.02. The average Bonchev–Trinajstić information content (AvgIpc) is 4.19. The van der Waals surface area contributed by atoms with Crippen molar-refractivity contribution in [2.24, 2.45) is 26.1 Å². The standard InChI is InChI=1S/C24H34N8O.C18H16N6O2.C5H10.C2H6.CH4/c1-16-6-7-19(32-10-8-30(4)9-11-32)13-20(16)27-17(2)21-12-18(14-26-21)28-24(33)23-29-22(25-3)15-31(23)5;1-23-6-5-19-17(23)18(26)20-12-8-15(24(2)9-12)16-21-13-4-3-11(10-25)7-14(13)22-16;1-2-4-5-3-1;1-2;/h6-7,12-13,15,18,25-26H,8-11,14H2,1-5H3,(H,28,33);3-10H,1-2H3,(H,20,26)(H,21,22);1-5H2;1-2H3;1H4. The highest BCUT2D eigenvalue weighted by Crippen LogP contribution is 2.28. The number of aromatic nitrogens is 7. The Balaban J connectivity index is 0.000000220. The predicted molar refractivity (Wildman–Crippen MR) is 272 cm³/mol. The van der Waals surface area contributed by atoms with Gasteiger partial charge in [-0.3, -0.25) is 19.4 Å². The van der Waals surface area contributed by atoms with E-state index in [2.05, 4.69) is 83.2 Å². The molecule has 1 unspecified atom stereocenters. The first kappa shape index (κ1) is 51.0. The molecule has 5 N–H and O–H groups in total. The number of hydrogen-bond acceptors (Lipinski definition) is 11. The molecule has 6 heterocycles. The van der Waals surface area contributed by atoms with Crippen LogP contribution in [0.4, 0.5) is 22.9 Å². The smallest absolute Gasteiger partial charge is 0.291 e. The molecule has 67 heavy (non-hydrogen) atoms. The lowest BCUT2D eigenvalue weighted by molar-refractivity contribution is 0.0931. The molecule has 2 amide bonds. The maximum absolute atomic E-state index is 12.7. The van der Waals surface area contributed by atoms with Crippen molar-refractivity contribution in [2.45, 2.75) is 73.3 Å². The third-order valence-corrected chi connectivity index (χ3v) is 11.7. The van der Waals surface area contributed by atoms with E-state index in [1.807, 2.05) is 51.6 Å². The molecule has 0 spiro atoms. The van der Waals surface area contributed by atoms with Gasteiger partial charge in [-0.05, 0) is 68.9 Å². The van der Waals surface area contributed by atoms with Crippen LogP contribution >= 0.6 is 0 Å². The molecule has 17 heteroatoms. The van der Waals surface area contributed by atoms with Crippen molar-refractivity contribution in [3.63, 3.8) is 0 Å². The van der Waals surface area contributed by atoms with E-state index in [-0.39, 0.29) is 25.3 Å². The number of hydrogen-bond donors (Lipinski definition) is 5. The van der Waals surface area contributed by atoms with Crippen LogP contribution in [0.2, 0.25) is 0 Å². The fourth-order valence-corrected chi connectivity index (χ4v) is 7.88. The van der Waals surface area contributed by atoms with Gasteiger partial charge in [0.2, 0.25) is 5.82 Å². The lowest BCUT2D eigenvalue weighted by atomic mass is 10.1. The zero-order chi connectivity index (χ0) is 47.3. The van der Waals surface area contributed by atoms with Crippen LogP contribution < -0.4 is 26.2 Å². The number of benzene rings is 2. The lowest BCUT2D eigenvalue weighted by Gasteiger charge is -2.34. The first-order valence-corrected chi connectivity index (χ1v) is 22.9. The molecule has 17 nitrogen and oxygen atoms in total. The molecule has 0 radical (unpaired) electrons. The van der Waals surface area contributed by atoms with Gasteiger partial charge in [-0.2, -0.15) is 0 Å². The second kappa shape index (κ2) is 24.0. The van der Waals surface area contributed by atoms with Crippen LogP contribution in [0.15, 0.2) is 84.0 Å². The van der Waals surface area contributed by atoms with E-state index >= 15 is 0 Å². The SMILES string of the molecule is C.C1CCCC1.CC.CNc1cn(C)c(C(=O)NC2C=C(C(C)=Nc3cc(N4CCN(C)CC4)ccc3C)NC2)n1.Cn1cc(NC(=O)c2nccn2C)cc1-c1nc2ccc(C=O)cc2[nH]1. The molecule has 0 bridgehead atoms. The number of allylic oxidation sites excluding steroid dienone is 1. The lowest BCUT2D eigenvalue weighted by Crippen LogP contribution is -2.44. The summed E-state index contributed by atoms with van der Waals surface area (Å²) < 4.78 is 5.24. The molecular weight excluding hydrogens is 845 g/mol. The maximum Gasteiger partial charge on any atom is 0.291 e. The first-order chi connectivity index (χ1) is 31.9. The first-order valence-electron chi connectivity index (χ1n) is 22.9. The maximum atomic E-state index is 12.7. The fraction of sp³-hybridized carbons (Fsp3) is 0.420. The Labute approximate surface area is 395 Å². The molecule has 6 aromatic rings. The van der Waals surface area contributed by atoms with E-state index in [1.165, 1.54) is 37.8 Å². The minimum absolute atomic E-state index is 0. The molecule has 1 aliphatic carbocycles. The van der Waals surface area contributed by atoms with Crippen molar-refractivity contribution < 1.29 is 14.4 Å². The number of likely N-dealkylation sites (N-methyl/N-ethyl adjacent to an activating group) is 1. The van der Waals surface area contributed by atoms with Crippen LogP contribution in [0, 0.1) is 6.92 Å². The number of carbonyl (C=O) groups excluding carboxylic acids is 3. The van der Waals surface area contributed by atoms with Gasteiger partial charge >= 0.3 is 0 Å². The summed E-state index contributed by atoms with van der Waals surface area (Å²) in [5.74, 6) is 1.55. The number of nitrogens with zero attached hydrogens (tertiary/aromatic N) is 9. The number of fused-ring (bicyclic) bond motifs is 1. The summed E-state index contributed by atoms with van der Waals surface area (Å²) >= 11 is 0. The van der Waals surface area contributed by atoms with Crippen LogP contribution in [0.5, 0.6) is 0 Å². The Kier molecular flexibility index (Phi) is 18.2. The summed E-state index contributed by atoms with van der Waals surface area (Å²) in [5.41, 5.74) is 8.78. The molecule has 1 saturated heterocycles. The van der Waals surface area contributed by atoms with Gasteiger partial charge in [0.05, 0.1) is 45.6 Å². The molecule has 3 aliphatic rings. The Morgan fingerprint density at radius 1 is 0.851 bits per heavy atom. The Bertz CT molecular complexity index is 2650. The number of H-pyrrole nitrogens is 1. The average molecular weight is 915 g/mol. The van der Waals surface area contributed by atoms with E-state index < -0.39 is 0 Å². The highest BCUT2D eigenvalue weighted by atomic mass is 16.2. The van der Waals surface area contributed by atoms with Crippen LogP contribution in [-0.2, 0) is 21.1 Å². The van der Waals surface area contributed by atoms with Crippen molar-refractivity contribution in [3.05, 3.63) is 102 Å². The van der Waals surface area contributed by atoms with Crippen molar-refractivity contribution in [3.8, 4) is 11.5 Å². The summed E-state index contributed by atoms with van der Waals surface area (Å²) in [5, 5.41) is 12.2. The number of carbonyl (C=O) groups is 3. The van der Waals surface area contributed by atoms with E-state index in [0.29, 0.717) is 41.1 Å². The van der Waals surface area contributed by atoms with Gasteiger partial charge < -0.3 is 49.8 Å². The van der Waals surface area contributed by atoms with E-state index in [0.717, 1.165) is 71.9 Å². The van der Waals surface area contributed by atoms with Gasteiger partial charge in [0.15, 0.2) is 11.6 Å². The molecule has 358 valence electrons. The van der Waals surface area contributed by atoms with E-state index in [9.17, 15) is 14.4 Å². The second-order valence-electron chi connectivity index (χ2n) is 16.6. The third kappa shape index (κ3) is 13.1. The summed E-state index contributed by atoms with van der Waals surface area (Å²) in [6.07, 6.45) is 17.2. The normalized spacial score (nSPS) is 15.7. The molecular formula is C50H70N14O3. The number of nitrogens with one attached hydrogen (secondary N) is 5. The van der Waals surface area contributed by atoms with Gasteiger partial charge in [-0.15, -0.1) is 0 Å². The van der Waals surface area contributed by atoms with Crippen molar-refractivity contribution in [2.75, 3.05) is 62.4 Å². The zero-order valence-corrected chi connectivity index (χ0v) is 39.9. The van der Waals surface area contributed by atoms with Crippen molar-refractivity contribution in [1.82, 2.24) is 49.2 Å². The molecule has 1 atom stereocenters. The van der Waals surface area contributed by atoms with Gasteiger partial charge in [0.25, 0.3) is 11.8 Å². The number of aryl methyl sites for hydroxylation is 4. The minimum atomic E-state index is -0.283. The minimum Gasteiger partial charge on any atom is -0.381 e. The fourth-order valence-electron chi connectivity index (χ4n) is 7.88. The number of aldehydes is 1. The molecule has 2 aliphatic heterocycles. The highest BCUT2D eigenvalue weighted by Gasteiger charge is 2.23. The number of amides is 2. The van der Waals surface area contributed by atoms with Gasteiger partial charge in [0, 0.05) is 97.0 Å². The summed E-state index contributed by atoms with van der Waals surface area (Å²) in [6.45, 7) is 12.9. The molecule has 1 saturated carbocycles. The van der Waals surface area contributed by atoms with Gasteiger partial charge in [-0.25, -0.2) is 15.0 Å². The van der Waals surface area contributed by atoms with Gasteiger partial charge in [0.1, 0.15) is 12.1 Å². The Hall–Kier alpha value is -7.01. The van der Waals surface area contributed by atoms with Crippen molar-refractivity contribution in [1.29, 1.82) is 0 Å². The largest absolute Gasteiger partial charge is 0.381 e. The number of piperazine rings is 1. The summed E-state index contributed by atoms with van der Waals surface area (Å²) in [6, 6.07) is 13.5. The van der Waals surface area contributed by atoms with Crippen molar-refractivity contribution >= 4 is 57.7 Å². The summed E-state index contributed by atoms with van der Waals surface area (Å²) in [4.78, 5) is 61.7. The van der Waals surface area contributed by atoms with Crippen LogP contribution in [0.3, 0.4) is 0 Å². The molecule has 2 aromatic carbocycles. The zero-order valence-electron chi connectivity index (χ0n) is 39.9. The Morgan fingerprint density at radius 3 is 2.21 bits per heavy atom. The molecule has 2 fully saturated rings. The van der Waals surface area contributed by atoms with E-state index in [4.69, 9.17) is 4.99 Å². The number of aliphatic imine (C=N–C) groups is 1. The molecule has 9 rings (SSSR count). The number of aromatic amines is 1. The van der Waals surface area contributed by atoms with Crippen LogP contribution in [-0.4, -0.2) is 115 Å². The summed E-state index contributed by atoms with van der Waals surface area (Å²) in [7, 11) is 9.40. The number of rotatable bonds is 10. The Morgan fingerprint density at radius 2 is 1.57 bits per heavy atom. The van der Waals surface area contributed by atoms with Gasteiger partial charge in [-0.1, -0.05) is 59.4 Å². The topological polar surface area (TPSA) is 187 Å². The van der Waals surface area contributed by atoms with Crippen LogP contribution in [0.25, 0.3) is 22.6 Å². The predicted octanol–water partition coefficient (Wildman–Crippen LogP) is 7.88. The monoisotopic (exact) mass is 915 g/mol. The molecule has 4 aromatic heterocycles. The third-order valence-electron chi connectivity index (χ3n) is 11.7. The quantitative estimate of drug-likeness (QED) is 0.0669. The number of imidazole rings is 3.